The topological polar surface area (TPSA) is 26.3 Å². The van der Waals surface area contributed by atoms with E-state index in [1.165, 1.54) is 11.3 Å². The Balaban J connectivity index is 1.62. The normalized spacial score (nSPS) is 10.8. The minimum atomic E-state index is -0.420. The monoisotopic (exact) mass is 378 g/mol. The fourth-order valence-corrected chi connectivity index (χ4v) is 4.24. The van der Waals surface area contributed by atoms with Crippen LogP contribution in [0.3, 0.4) is 0 Å². The average Bonchev–Trinajstić information content (AvgIpc) is 3.01. The van der Waals surface area contributed by atoms with Crippen molar-refractivity contribution in [3.05, 3.63) is 99.9 Å². The third kappa shape index (κ3) is 3.36. The Hall–Kier alpha value is -2.62. The maximum atomic E-state index is 12.7. The van der Waals surface area contributed by atoms with Crippen LogP contribution in [-0.4, -0.2) is 5.97 Å². The highest BCUT2D eigenvalue weighted by Gasteiger charge is 2.20. The molecule has 1 heterocycles. The van der Waals surface area contributed by atoms with Gasteiger partial charge in [0.25, 0.3) is 0 Å². The van der Waals surface area contributed by atoms with Crippen LogP contribution in [-0.2, 0) is 6.42 Å². The zero-order chi connectivity index (χ0) is 17.9. The SMILES string of the molecule is O=C(Oc1ccccc1Cc1ccccc1)c1sc2ccccc2c1Cl. The minimum absolute atomic E-state index is 0.420. The standard InChI is InChI=1S/C22H15ClO2S/c23-20-17-11-5-7-13-19(17)26-21(20)22(24)25-18-12-6-4-10-16(18)14-15-8-2-1-3-9-15/h1-13H,14H2. The molecule has 0 unspecified atom stereocenters. The Morgan fingerprint density at radius 3 is 2.38 bits per heavy atom. The predicted octanol–water partition coefficient (Wildman–Crippen LogP) is 6.36. The third-order valence-electron chi connectivity index (χ3n) is 4.13. The number of carbonyl (C=O) groups excluding carboxylic acids is 1. The molecule has 0 aliphatic heterocycles. The second-order valence-electron chi connectivity index (χ2n) is 5.90. The van der Waals surface area contributed by atoms with Crippen LogP contribution in [0, 0.1) is 0 Å². The summed E-state index contributed by atoms with van der Waals surface area (Å²) in [5.74, 6) is 0.145. The van der Waals surface area contributed by atoms with Crippen LogP contribution in [0.1, 0.15) is 20.8 Å². The smallest absolute Gasteiger partial charge is 0.355 e. The van der Waals surface area contributed by atoms with Gasteiger partial charge in [0.2, 0.25) is 0 Å². The lowest BCUT2D eigenvalue weighted by Crippen LogP contribution is -2.08. The lowest BCUT2D eigenvalue weighted by molar-refractivity contribution is 0.0738. The molecule has 3 aromatic carbocycles. The first kappa shape index (κ1) is 16.8. The number of benzene rings is 3. The summed E-state index contributed by atoms with van der Waals surface area (Å²) in [4.78, 5) is 13.1. The molecule has 4 heteroatoms. The largest absolute Gasteiger partial charge is 0.422 e. The first-order valence-corrected chi connectivity index (χ1v) is 9.43. The molecule has 0 spiro atoms. The van der Waals surface area contributed by atoms with E-state index in [1.807, 2.05) is 66.7 Å². The van der Waals surface area contributed by atoms with E-state index >= 15 is 0 Å². The van der Waals surface area contributed by atoms with Crippen LogP contribution in [0.25, 0.3) is 10.1 Å². The number of ether oxygens (including phenoxy) is 1. The molecule has 4 rings (SSSR count). The van der Waals surface area contributed by atoms with Gasteiger partial charge in [-0.2, -0.15) is 0 Å². The summed E-state index contributed by atoms with van der Waals surface area (Å²) >= 11 is 7.75. The molecule has 0 N–H and O–H groups in total. The van der Waals surface area contributed by atoms with Crippen LogP contribution in [0.2, 0.25) is 5.02 Å². The zero-order valence-electron chi connectivity index (χ0n) is 13.8. The van der Waals surface area contributed by atoms with Crippen molar-refractivity contribution in [1.29, 1.82) is 0 Å². The van der Waals surface area contributed by atoms with Crippen LogP contribution in [0.15, 0.2) is 78.9 Å². The lowest BCUT2D eigenvalue weighted by Gasteiger charge is -2.10. The van der Waals surface area contributed by atoms with Crippen molar-refractivity contribution in [2.75, 3.05) is 0 Å². The Bertz CT molecular complexity index is 1070. The molecule has 0 aliphatic carbocycles. The molecule has 4 aromatic rings. The molecule has 0 saturated heterocycles. The lowest BCUT2D eigenvalue weighted by atomic mass is 10.0. The Morgan fingerprint density at radius 2 is 1.58 bits per heavy atom. The molecule has 0 aliphatic rings. The maximum Gasteiger partial charge on any atom is 0.355 e. The van der Waals surface area contributed by atoms with Crippen molar-refractivity contribution in [3.8, 4) is 5.75 Å². The van der Waals surface area contributed by atoms with Gasteiger partial charge in [0.15, 0.2) is 0 Å². The fraction of sp³-hybridized carbons (Fsp3) is 0.0455. The summed E-state index contributed by atoms with van der Waals surface area (Å²) in [5, 5.41) is 1.33. The van der Waals surface area contributed by atoms with E-state index in [9.17, 15) is 4.79 Å². The van der Waals surface area contributed by atoms with Crippen molar-refractivity contribution in [2.24, 2.45) is 0 Å². The third-order valence-corrected chi connectivity index (χ3v) is 5.79. The van der Waals surface area contributed by atoms with Crippen LogP contribution in [0.5, 0.6) is 5.75 Å². The van der Waals surface area contributed by atoms with Gasteiger partial charge < -0.3 is 4.74 Å². The zero-order valence-corrected chi connectivity index (χ0v) is 15.4. The van der Waals surface area contributed by atoms with Gasteiger partial charge in [0.05, 0.1) is 5.02 Å². The fourth-order valence-electron chi connectivity index (χ4n) is 2.86. The molecule has 2 nitrogen and oxygen atoms in total. The number of para-hydroxylation sites is 1. The summed E-state index contributed by atoms with van der Waals surface area (Å²) in [6, 6.07) is 25.4. The van der Waals surface area contributed by atoms with Gasteiger partial charge in [-0.05, 0) is 23.3 Å². The number of rotatable bonds is 4. The first-order chi connectivity index (χ1) is 12.7. The number of esters is 1. The maximum absolute atomic E-state index is 12.7. The Kier molecular flexibility index (Phi) is 4.74. The molecule has 1 aromatic heterocycles. The van der Waals surface area contributed by atoms with E-state index in [4.69, 9.17) is 16.3 Å². The molecule has 26 heavy (non-hydrogen) atoms. The van der Waals surface area contributed by atoms with Crippen molar-refractivity contribution < 1.29 is 9.53 Å². The molecule has 128 valence electrons. The highest BCUT2D eigenvalue weighted by atomic mass is 35.5. The van der Waals surface area contributed by atoms with E-state index in [2.05, 4.69) is 12.1 Å². The number of carbonyl (C=O) groups is 1. The molecular formula is C22H15ClO2S. The highest BCUT2D eigenvalue weighted by Crippen LogP contribution is 2.36. The van der Waals surface area contributed by atoms with Crippen LogP contribution in [0.4, 0.5) is 0 Å². The Morgan fingerprint density at radius 1 is 0.885 bits per heavy atom. The molecule has 0 fully saturated rings. The van der Waals surface area contributed by atoms with E-state index in [1.54, 1.807) is 0 Å². The number of hydrogen-bond acceptors (Lipinski definition) is 3. The van der Waals surface area contributed by atoms with Gasteiger partial charge in [0.1, 0.15) is 10.6 Å². The molecule has 0 radical (unpaired) electrons. The van der Waals surface area contributed by atoms with E-state index in [0.717, 1.165) is 21.2 Å². The Labute approximate surface area is 160 Å². The van der Waals surface area contributed by atoms with Gasteiger partial charge in [-0.25, -0.2) is 4.79 Å². The summed E-state index contributed by atoms with van der Waals surface area (Å²) in [5.41, 5.74) is 2.13. The van der Waals surface area contributed by atoms with Gasteiger partial charge >= 0.3 is 5.97 Å². The van der Waals surface area contributed by atoms with Gasteiger partial charge in [-0.1, -0.05) is 78.3 Å². The van der Waals surface area contributed by atoms with Crippen molar-refractivity contribution in [3.63, 3.8) is 0 Å². The number of halogens is 1. The predicted molar refractivity (Wildman–Crippen MR) is 107 cm³/mol. The van der Waals surface area contributed by atoms with Gasteiger partial charge in [0, 0.05) is 16.5 Å². The summed E-state index contributed by atoms with van der Waals surface area (Å²) in [6.07, 6.45) is 0.699. The van der Waals surface area contributed by atoms with Crippen LogP contribution < -0.4 is 4.74 Å². The first-order valence-electron chi connectivity index (χ1n) is 8.23. The number of fused-ring (bicyclic) bond motifs is 1. The van der Waals surface area contributed by atoms with Gasteiger partial charge in [-0.15, -0.1) is 11.3 Å². The average molecular weight is 379 g/mol. The minimum Gasteiger partial charge on any atom is -0.422 e. The summed E-state index contributed by atoms with van der Waals surface area (Å²) in [6.45, 7) is 0. The van der Waals surface area contributed by atoms with E-state index in [-0.39, 0.29) is 0 Å². The number of hydrogen-bond donors (Lipinski definition) is 0. The van der Waals surface area contributed by atoms with Crippen molar-refractivity contribution in [2.45, 2.75) is 6.42 Å². The highest BCUT2D eigenvalue weighted by molar-refractivity contribution is 7.21. The van der Waals surface area contributed by atoms with Crippen molar-refractivity contribution >= 4 is 39.0 Å². The number of thiophene rings is 1. The molecule has 0 amide bonds. The second kappa shape index (κ2) is 7.32. The van der Waals surface area contributed by atoms with Crippen molar-refractivity contribution in [1.82, 2.24) is 0 Å². The van der Waals surface area contributed by atoms with Gasteiger partial charge in [-0.3, -0.25) is 0 Å². The second-order valence-corrected chi connectivity index (χ2v) is 7.33. The van der Waals surface area contributed by atoms with E-state index in [0.29, 0.717) is 22.1 Å². The summed E-state index contributed by atoms with van der Waals surface area (Å²) in [7, 11) is 0. The molecule has 0 atom stereocenters. The molecule has 0 saturated carbocycles. The van der Waals surface area contributed by atoms with E-state index < -0.39 is 5.97 Å². The summed E-state index contributed by atoms with van der Waals surface area (Å²) < 4.78 is 6.68. The molecular weight excluding hydrogens is 364 g/mol. The van der Waals surface area contributed by atoms with Crippen LogP contribution >= 0.6 is 22.9 Å². The quantitative estimate of drug-likeness (QED) is 0.305. The molecule has 0 bridgehead atoms.